The number of carboxylic acid groups (broad SMARTS) is 1. The molecule has 0 rings (SSSR count). The first kappa shape index (κ1) is 13.2. The zero-order valence-corrected chi connectivity index (χ0v) is 8.92. The monoisotopic (exact) mass is 220 g/mol. The van der Waals surface area contributed by atoms with Gasteiger partial charge < -0.3 is 16.6 Å². The standard InChI is InChI=1S/C8H16N2O3S/c1-2-6(7(10)11)14-4-3-5(9)8(12)13/h5-6H,2-4,9H2,1H3,(H2,10,11)(H,12,13). The molecule has 0 saturated carbocycles. The normalized spacial score (nSPS) is 14.7. The summed E-state index contributed by atoms with van der Waals surface area (Å²) in [6.45, 7) is 1.86. The van der Waals surface area contributed by atoms with Crippen molar-refractivity contribution in [3.05, 3.63) is 0 Å². The maximum Gasteiger partial charge on any atom is 0.320 e. The molecule has 0 aromatic carbocycles. The Morgan fingerprint density at radius 2 is 2.07 bits per heavy atom. The van der Waals surface area contributed by atoms with E-state index < -0.39 is 12.0 Å². The molecule has 2 atom stereocenters. The fourth-order valence-electron chi connectivity index (χ4n) is 0.862. The van der Waals surface area contributed by atoms with Gasteiger partial charge in [0.25, 0.3) is 0 Å². The van der Waals surface area contributed by atoms with Gasteiger partial charge in [-0.05, 0) is 18.6 Å². The molecule has 0 fully saturated rings. The highest BCUT2D eigenvalue weighted by Gasteiger charge is 2.15. The third-order valence-electron chi connectivity index (χ3n) is 1.75. The summed E-state index contributed by atoms with van der Waals surface area (Å²) < 4.78 is 0. The van der Waals surface area contributed by atoms with Crippen molar-refractivity contribution in [2.75, 3.05) is 5.75 Å². The molecule has 14 heavy (non-hydrogen) atoms. The number of hydrogen-bond donors (Lipinski definition) is 3. The zero-order chi connectivity index (χ0) is 11.1. The Balaban J connectivity index is 3.71. The van der Waals surface area contributed by atoms with Crippen molar-refractivity contribution in [2.24, 2.45) is 11.5 Å². The van der Waals surface area contributed by atoms with Gasteiger partial charge in [0.2, 0.25) is 5.91 Å². The lowest BCUT2D eigenvalue weighted by Gasteiger charge is -2.11. The van der Waals surface area contributed by atoms with Gasteiger partial charge in [0.1, 0.15) is 6.04 Å². The van der Waals surface area contributed by atoms with E-state index in [0.29, 0.717) is 18.6 Å². The summed E-state index contributed by atoms with van der Waals surface area (Å²) in [6, 6.07) is -0.854. The molecule has 0 spiro atoms. The first-order valence-corrected chi connectivity index (χ1v) is 5.43. The van der Waals surface area contributed by atoms with Gasteiger partial charge in [-0.25, -0.2) is 0 Å². The van der Waals surface area contributed by atoms with Crippen molar-refractivity contribution in [2.45, 2.75) is 31.1 Å². The number of amides is 1. The van der Waals surface area contributed by atoms with Crippen molar-refractivity contribution in [3.8, 4) is 0 Å². The molecule has 82 valence electrons. The molecular weight excluding hydrogens is 204 g/mol. The molecule has 0 aromatic rings. The fraction of sp³-hybridized carbons (Fsp3) is 0.750. The van der Waals surface area contributed by atoms with Gasteiger partial charge in [-0.3, -0.25) is 9.59 Å². The van der Waals surface area contributed by atoms with E-state index in [4.69, 9.17) is 16.6 Å². The zero-order valence-electron chi connectivity index (χ0n) is 8.10. The van der Waals surface area contributed by atoms with Crippen LogP contribution in [0.1, 0.15) is 19.8 Å². The average Bonchev–Trinajstić information content (AvgIpc) is 2.11. The lowest BCUT2D eigenvalue weighted by Crippen LogP contribution is -2.31. The molecule has 2 unspecified atom stereocenters. The van der Waals surface area contributed by atoms with Crippen LogP contribution < -0.4 is 11.5 Å². The van der Waals surface area contributed by atoms with Crippen LogP contribution >= 0.6 is 11.8 Å². The Bertz CT molecular complexity index is 211. The number of thioether (sulfide) groups is 1. The number of rotatable bonds is 7. The van der Waals surface area contributed by atoms with E-state index >= 15 is 0 Å². The molecule has 0 aliphatic rings. The summed E-state index contributed by atoms with van der Waals surface area (Å²) >= 11 is 1.36. The van der Waals surface area contributed by atoms with Gasteiger partial charge in [-0.1, -0.05) is 6.92 Å². The van der Waals surface area contributed by atoms with E-state index in [1.807, 2.05) is 6.92 Å². The Hall–Kier alpha value is -0.750. The summed E-state index contributed by atoms with van der Waals surface area (Å²) in [6.07, 6.45) is 1.01. The number of aliphatic carboxylic acids is 1. The Kier molecular flexibility index (Phi) is 6.31. The number of primary amides is 1. The lowest BCUT2D eigenvalue weighted by molar-refractivity contribution is -0.138. The quantitative estimate of drug-likeness (QED) is 0.550. The highest BCUT2D eigenvalue weighted by atomic mass is 32.2. The fourth-order valence-corrected chi connectivity index (χ4v) is 1.94. The maximum atomic E-state index is 10.8. The molecule has 0 aromatic heterocycles. The van der Waals surface area contributed by atoms with E-state index in [2.05, 4.69) is 0 Å². The van der Waals surface area contributed by atoms with Crippen molar-refractivity contribution in [1.82, 2.24) is 0 Å². The first-order chi connectivity index (χ1) is 6.49. The van der Waals surface area contributed by atoms with Crippen molar-refractivity contribution < 1.29 is 14.7 Å². The van der Waals surface area contributed by atoms with Gasteiger partial charge in [0, 0.05) is 0 Å². The highest BCUT2D eigenvalue weighted by Crippen LogP contribution is 2.15. The maximum absolute atomic E-state index is 10.8. The number of carboxylic acids is 1. The summed E-state index contributed by atoms with van der Waals surface area (Å²) in [4.78, 5) is 21.1. The number of hydrogen-bond acceptors (Lipinski definition) is 4. The molecule has 0 aliphatic heterocycles. The van der Waals surface area contributed by atoms with Crippen LogP contribution in [0.25, 0.3) is 0 Å². The van der Waals surface area contributed by atoms with Gasteiger partial charge in [-0.15, -0.1) is 11.8 Å². The molecule has 0 heterocycles. The minimum absolute atomic E-state index is 0.240. The third kappa shape index (κ3) is 5.08. The smallest absolute Gasteiger partial charge is 0.320 e. The van der Waals surface area contributed by atoms with Crippen LogP contribution in [-0.2, 0) is 9.59 Å². The molecular formula is C8H16N2O3S. The second-order valence-corrected chi connectivity index (χ2v) is 4.21. The van der Waals surface area contributed by atoms with E-state index in [1.54, 1.807) is 0 Å². The Morgan fingerprint density at radius 1 is 1.50 bits per heavy atom. The second-order valence-electron chi connectivity index (χ2n) is 2.90. The van der Waals surface area contributed by atoms with E-state index in [0.717, 1.165) is 0 Å². The molecule has 1 amide bonds. The van der Waals surface area contributed by atoms with Crippen molar-refractivity contribution >= 4 is 23.6 Å². The molecule has 0 radical (unpaired) electrons. The van der Waals surface area contributed by atoms with Gasteiger partial charge in [0.05, 0.1) is 5.25 Å². The molecule has 5 nitrogen and oxygen atoms in total. The van der Waals surface area contributed by atoms with Gasteiger partial charge in [0.15, 0.2) is 0 Å². The predicted molar refractivity (Wildman–Crippen MR) is 56.0 cm³/mol. The molecule has 0 saturated heterocycles. The van der Waals surface area contributed by atoms with Crippen LogP contribution in [0.5, 0.6) is 0 Å². The van der Waals surface area contributed by atoms with Crippen LogP contribution in [0.15, 0.2) is 0 Å². The Morgan fingerprint density at radius 3 is 2.43 bits per heavy atom. The number of carbonyl (C=O) groups is 2. The topological polar surface area (TPSA) is 106 Å². The van der Waals surface area contributed by atoms with Crippen LogP contribution in [0.4, 0.5) is 0 Å². The van der Waals surface area contributed by atoms with Crippen molar-refractivity contribution in [3.63, 3.8) is 0 Å². The molecule has 6 heteroatoms. The summed E-state index contributed by atoms with van der Waals surface area (Å²) in [5, 5.41) is 8.25. The van der Waals surface area contributed by atoms with Crippen LogP contribution in [0.3, 0.4) is 0 Å². The summed E-state index contributed by atoms with van der Waals surface area (Å²) in [5.41, 5.74) is 10.4. The molecule has 0 bridgehead atoms. The minimum atomic E-state index is -1.02. The highest BCUT2D eigenvalue weighted by molar-refractivity contribution is 8.00. The van der Waals surface area contributed by atoms with Crippen LogP contribution in [0.2, 0.25) is 0 Å². The van der Waals surface area contributed by atoms with Crippen LogP contribution in [-0.4, -0.2) is 34.0 Å². The number of nitrogens with two attached hydrogens (primary N) is 2. The lowest BCUT2D eigenvalue weighted by atomic mass is 10.2. The number of carbonyl (C=O) groups excluding carboxylic acids is 1. The van der Waals surface area contributed by atoms with E-state index in [1.165, 1.54) is 11.8 Å². The van der Waals surface area contributed by atoms with Crippen molar-refractivity contribution in [1.29, 1.82) is 0 Å². The predicted octanol–water partition coefficient (Wildman–Crippen LogP) is -0.214. The SMILES string of the molecule is CCC(SCCC(N)C(=O)O)C(N)=O. The first-order valence-electron chi connectivity index (χ1n) is 4.38. The average molecular weight is 220 g/mol. The second kappa shape index (κ2) is 6.67. The largest absolute Gasteiger partial charge is 0.480 e. The summed E-state index contributed by atoms with van der Waals surface area (Å²) in [5.74, 6) is -0.839. The third-order valence-corrected chi connectivity index (χ3v) is 3.19. The summed E-state index contributed by atoms with van der Waals surface area (Å²) in [7, 11) is 0. The molecule has 0 aliphatic carbocycles. The van der Waals surface area contributed by atoms with E-state index in [9.17, 15) is 9.59 Å². The van der Waals surface area contributed by atoms with Crippen LogP contribution in [0, 0.1) is 0 Å². The molecule has 5 N–H and O–H groups in total. The van der Waals surface area contributed by atoms with Gasteiger partial charge >= 0.3 is 5.97 Å². The Labute approximate surface area is 87.2 Å². The minimum Gasteiger partial charge on any atom is -0.480 e. The van der Waals surface area contributed by atoms with E-state index in [-0.39, 0.29) is 11.2 Å². The van der Waals surface area contributed by atoms with Gasteiger partial charge in [-0.2, -0.15) is 0 Å².